The minimum atomic E-state index is -0.278. The van der Waals surface area contributed by atoms with Crippen molar-refractivity contribution in [1.29, 1.82) is 0 Å². The van der Waals surface area contributed by atoms with Crippen molar-refractivity contribution in [3.8, 4) is 0 Å². The highest BCUT2D eigenvalue weighted by Gasteiger charge is 2.27. The van der Waals surface area contributed by atoms with Crippen LogP contribution in [0.4, 0.5) is 15.8 Å². The summed E-state index contributed by atoms with van der Waals surface area (Å²) in [7, 11) is 0. The molecule has 1 atom stereocenters. The fourth-order valence-electron chi connectivity index (χ4n) is 2.99. The summed E-state index contributed by atoms with van der Waals surface area (Å²) < 4.78 is 14.3. The summed E-state index contributed by atoms with van der Waals surface area (Å²) in [5.74, 6) is -0.278. The first-order valence-electron chi connectivity index (χ1n) is 6.97. The van der Waals surface area contributed by atoms with Gasteiger partial charge in [-0.1, -0.05) is 30.3 Å². The Morgan fingerprint density at radius 2 is 2.00 bits per heavy atom. The predicted molar refractivity (Wildman–Crippen MR) is 78.7 cm³/mol. The first-order chi connectivity index (χ1) is 9.72. The largest absolute Gasteiger partial charge is 0.392 e. The molecule has 0 fully saturated rings. The van der Waals surface area contributed by atoms with E-state index in [-0.39, 0.29) is 18.5 Å². The Balaban J connectivity index is 2.19. The van der Waals surface area contributed by atoms with Gasteiger partial charge in [0.1, 0.15) is 5.82 Å². The highest BCUT2D eigenvalue weighted by Crippen LogP contribution is 2.39. The lowest BCUT2D eigenvalue weighted by Crippen LogP contribution is -2.34. The Morgan fingerprint density at radius 3 is 2.80 bits per heavy atom. The molecule has 2 aromatic rings. The number of aliphatic hydroxyl groups is 1. The van der Waals surface area contributed by atoms with Crippen LogP contribution in [0.25, 0.3) is 0 Å². The second-order valence-corrected chi connectivity index (χ2v) is 5.29. The van der Waals surface area contributed by atoms with Gasteiger partial charge < -0.3 is 10.0 Å². The van der Waals surface area contributed by atoms with Crippen LogP contribution in [-0.2, 0) is 13.0 Å². The van der Waals surface area contributed by atoms with E-state index in [1.54, 1.807) is 12.1 Å². The SMILES string of the molecule is CC1CCc2ccccc2N1c1c(F)cccc1CO. The Morgan fingerprint density at radius 1 is 1.20 bits per heavy atom. The van der Waals surface area contributed by atoms with Crippen LogP contribution >= 0.6 is 0 Å². The Hall–Kier alpha value is -1.87. The highest BCUT2D eigenvalue weighted by atomic mass is 19.1. The molecule has 1 aliphatic heterocycles. The lowest BCUT2D eigenvalue weighted by Gasteiger charge is -2.38. The minimum Gasteiger partial charge on any atom is -0.392 e. The zero-order valence-electron chi connectivity index (χ0n) is 11.5. The second kappa shape index (κ2) is 5.25. The van der Waals surface area contributed by atoms with E-state index in [0.717, 1.165) is 18.5 Å². The third-order valence-corrected chi connectivity index (χ3v) is 4.00. The summed E-state index contributed by atoms with van der Waals surface area (Å²) in [6.07, 6.45) is 1.99. The fraction of sp³-hybridized carbons (Fsp3) is 0.294. The molecule has 104 valence electrons. The molecular formula is C17H18FNO. The normalized spacial score (nSPS) is 17.9. The molecule has 0 bridgehead atoms. The number of anilines is 2. The molecular weight excluding hydrogens is 253 g/mol. The number of hydrogen-bond acceptors (Lipinski definition) is 2. The van der Waals surface area contributed by atoms with Gasteiger partial charge in [-0.15, -0.1) is 0 Å². The van der Waals surface area contributed by atoms with E-state index >= 15 is 0 Å². The maximum Gasteiger partial charge on any atom is 0.147 e. The zero-order valence-corrected chi connectivity index (χ0v) is 11.5. The quantitative estimate of drug-likeness (QED) is 0.898. The molecule has 0 spiro atoms. The van der Waals surface area contributed by atoms with Gasteiger partial charge in [-0.2, -0.15) is 0 Å². The molecule has 0 saturated heterocycles. The van der Waals surface area contributed by atoms with Gasteiger partial charge >= 0.3 is 0 Å². The number of aliphatic hydroxyl groups excluding tert-OH is 1. The molecule has 2 nitrogen and oxygen atoms in total. The van der Waals surface area contributed by atoms with E-state index < -0.39 is 0 Å². The zero-order chi connectivity index (χ0) is 14.1. The average Bonchev–Trinajstić information content (AvgIpc) is 2.48. The molecule has 1 N–H and O–H groups in total. The third-order valence-electron chi connectivity index (χ3n) is 4.00. The highest BCUT2D eigenvalue weighted by molar-refractivity contribution is 5.71. The summed E-state index contributed by atoms with van der Waals surface area (Å²) in [5, 5.41) is 9.51. The van der Waals surface area contributed by atoms with Crippen LogP contribution < -0.4 is 4.90 Å². The Kier molecular flexibility index (Phi) is 3.45. The number of para-hydroxylation sites is 2. The van der Waals surface area contributed by atoms with E-state index in [2.05, 4.69) is 13.0 Å². The van der Waals surface area contributed by atoms with Gasteiger partial charge in [0.2, 0.25) is 0 Å². The number of benzene rings is 2. The Bertz CT molecular complexity index is 626. The van der Waals surface area contributed by atoms with Crippen LogP contribution in [0.2, 0.25) is 0 Å². The summed E-state index contributed by atoms with van der Waals surface area (Å²) in [6, 6.07) is 13.2. The predicted octanol–water partition coefficient (Wildman–Crippen LogP) is 3.79. The summed E-state index contributed by atoms with van der Waals surface area (Å²) in [4.78, 5) is 2.03. The van der Waals surface area contributed by atoms with Crippen LogP contribution in [0.5, 0.6) is 0 Å². The Labute approximate surface area is 118 Å². The van der Waals surface area contributed by atoms with E-state index in [4.69, 9.17) is 0 Å². The average molecular weight is 271 g/mol. The maximum atomic E-state index is 14.3. The summed E-state index contributed by atoms with van der Waals surface area (Å²) in [6.45, 7) is 1.95. The van der Waals surface area contributed by atoms with Gasteiger partial charge in [0.15, 0.2) is 0 Å². The smallest absolute Gasteiger partial charge is 0.147 e. The van der Waals surface area contributed by atoms with Crippen molar-refractivity contribution in [2.45, 2.75) is 32.4 Å². The van der Waals surface area contributed by atoms with Crippen LogP contribution in [0.1, 0.15) is 24.5 Å². The molecule has 1 unspecified atom stereocenters. The summed E-state index contributed by atoms with van der Waals surface area (Å²) in [5.41, 5.74) is 3.42. The summed E-state index contributed by atoms with van der Waals surface area (Å²) >= 11 is 0. The molecule has 3 rings (SSSR count). The number of fused-ring (bicyclic) bond motifs is 1. The maximum absolute atomic E-state index is 14.3. The van der Waals surface area contributed by atoms with Crippen molar-refractivity contribution in [1.82, 2.24) is 0 Å². The van der Waals surface area contributed by atoms with Crippen molar-refractivity contribution in [2.24, 2.45) is 0 Å². The number of nitrogens with zero attached hydrogens (tertiary/aromatic N) is 1. The third kappa shape index (κ3) is 2.08. The number of hydrogen-bond donors (Lipinski definition) is 1. The topological polar surface area (TPSA) is 23.5 Å². The molecule has 0 radical (unpaired) electrons. The van der Waals surface area contributed by atoms with Crippen molar-refractivity contribution < 1.29 is 9.50 Å². The van der Waals surface area contributed by atoms with E-state index in [0.29, 0.717) is 11.3 Å². The molecule has 3 heteroatoms. The minimum absolute atomic E-state index is 0.154. The fourth-order valence-corrected chi connectivity index (χ4v) is 2.99. The molecule has 0 amide bonds. The standard InChI is InChI=1S/C17H18FNO/c1-12-9-10-13-5-2-3-8-16(13)19(12)17-14(11-20)6-4-7-15(17)18/h2-8,12,20H,9-11H2,1H3. The second-order valence-electron chi connectivity index (χ2n) is 5.29. The van der Waals surface area contributed by atoms with E-state index in [9.17, 15) is 9.50 Å². The molecule has 20 heavy (non-hydrogen) atoms. The number of rotatable bonds is 2. The van der Waals surface area contributed by atoms with E-state index in [1.165, 1.54) is 11.6 Å². The molecule has 0 saturated carbocycles. The molecule has 0 aromatic heterocycles. The van der Waals surface area contributed by atoms with Gasteiger partial charge in [0.05, 0.1) is 12.3 Å². The lowest BCUT2D eigenvalue weighted by molar-refractivity contribution is 0.281. The molecule has 1 heterocycles. The van der Waals surface area contributed by atoms with Crippen LogP contribution in [0.3, 0.4) is 0 Å². The van der Waals surface area contributed by atoms with Crippen LogP contribution in [0, 0.1) is 5.82 Å². The van der Waals surface area contributed by atoms with Crippen LogP contribution in [-0.4, -0.2) is 11.1 Å². The molecule has 2 aromatic carbocycles. The van der Waals surface area contributed by atoms with Crippen molar-refractivity contribution >= 4 is 11.4 Å². The van der Waals surface area contributed by atoms with Gasteiger partial charge in [0, 0.05) is 17.3 Å². The number of aryl methyl sites for hydroxylation is 1. The molecule has 1 aliphatic rings. The van der Waals surface area contributed by atoms with Crippen molar-refractivity contribution in [3.63, 3.8) is 0 Å². The van der Waals surface area contributed by atoms with Crippen molar-refractivity contribution in [3.05, 3.63) is 59.4 Å². The lowest BCUT2D eigenvalue weighted by atomic mass is 9.95. The first kappa shape index (κ1) is 13.1. The van der Waals surface area contributed by atoms with Gasteiger partial charge in [0.25, 0.3) is 0 Å². The monoisotopic (exact) mass is 271 g/mol. The number of halogens is 1. The van der Waals surface area contributed by atoms with E-state index in [1.807, 2.05) is 23.1 Å². The van der Waals surface area contributed by atoms with Crippen molar-refractivity contribution in [2.75, 3.05) is 4.90 Å². The van der Waals surface area contributed by atoms with Crippen LogP contribution in [0.15, 0.2) is 42.5 Å². The first-order valence-corrected chi connectivity index (χ1v) is 6.97. The van der Waals surface area contributed by atoms with Gasteiger partial charge in [-0.05, 0) is 37.5 Å². The van der Waals surface area contributed by atoms with Gasteiger partial charge in [-0.3, -0.25) is 0 Å². The molecule has 0 aliphatic carbocycles. The van der Waals surface area contributed by atoms with Gasteiger partial charge in [-0.25, -0.2) is 4.39 Å².